The van der Waals surface area contributed by atoms with E-state index in [1.54, 1.807) is 0 Å². The fraction of sp³-hybridized carbons (Fsp3) is 0.944. The molecule has 40 heavy (non-hydrogen) atoms. The standard InChI is InChI=1S/C36H71NO3/c1-4-7-10-13-17-22-29-35(28-21-16-12-9-6-3)40-36(39)30-23-18-15-20-25-32-37(33-26-27-34-38)31-24-19-14-11-8-5-2/h34-35H,4-33H2,1-3H3. The predicted octanol–water partition coefficient (Wildman–Crippen LogP) is 11.0. The monoisotopic (exact) mass is 566 g/mol. The van der Waals surface area contributed by atoms with Crippen LogP contribution < -0.4 is 0 Å². The summed E-state index contributed by atoms with van der Waals surface area (Å²) in [4.78, 5) is 25.9. The normalized spacial score (nSPS) is 12.2. The Morgan fingerprint density at radius 2 is 0.950 bits per heavy atom. The molecule has 0 N–H and O–H groups in total. The van der Waals surface area contributed by atoms with Crippen LogP contribution in [0.2, 0.25) is 0 Å². The van der Waals surface area contributed by atoms with Gasteiger partial charge in [0.15, 0.2) is 0 Å². The van der Waals surface area contributed by atoms with Crippen LogP contribution in [0.15, 0.2) is 0 Å². The first-order valence-corrected chi connectivity index (χ1v) is 18.0. The van der Waals surface area contributed by atoms with Crippen LogP contribution in [0.3, 0.4) is 0 Å². The quantitative estimate of drug-likeness (QED) is 0.0451. The fourth-order valence-corrected chi connectivity index (χ4v) is 5.62. The van der Waals surface area contributed by atoms with Crippen molar-refractivity contribution in [3.8, 4) is 0 Å². The van der Waals surface area contributed by atoms with Gasteiger partial charge in [0.05, 0.1) is 0 Å². The molecular weight excluding hydrogens is 494 g/mol. The molecule has 0 saturated carbocycles. The van der Waals surface area contributed by atoms with E-state index in [9.17, 15) is 9.59 Å². The number of rotatable bonds is 33. The molecule has 0 fully saturated rings. The number of nitrogens with zero attached hydrogens (tertiary/aromatic N) is 1. The van der Waals surface area contributed by atoms with E-state index < -0.39 is 0 Å². The molecule has 0 amide bonds. The highest BCUT2D eigenvalue weighted by molar-refractivity contribution is 5.69. The minimum atomic E-state index is 0.0323. The summed E-state index contributed by atoms with van der Waals surface area (Å²) < 4.78 is 5.99. The van der Waals surface area contributed by atoms with E-state index in [2.05, 4.69) is 25.7 Å². The molecule has 1 atom stereocenters. The highest BCUT2D eigenvalue weighted by atomic mass is 16.5. The third-order valence-corrected chi connectivity index (χ3v) is 8.29. The van der Waals surface area contributed by atoms with E-state index in [0.717, 1.165) is 51.5 Å². The predicted molar refractivity (Wildman–Crippen MR) is 174 cm³/mol. The highest BCUT2D eigenvalue weighted by Gasteiger charge is 2.14. The number of carbonyl (C=O) groups is 2. The van der Waals surface area contributed by atoms with E-state index in [1.807, 2.05) is 0 Å². The summed E-state index contributed by atoms with van der Waals surface area (Å²) >= 11 is 0. The van der Waals surface area contributed by atoms with Crippen molar-refractivity contribution < 1.29 is 14.3 Å². The molecule has 0 aromatic heterocycles. The zero-order valence-corrected chi connectivity index (χ0v) is 27.5. The number of hydrogen-bond acceptors (Lipinski definition) is 4. The molecular formula is C36H71NO3. The first-order valence-electron chi connectivity index (χ1n) is 18.0. The second kappa shape index (κ2) is 32.6. The van der Waals surface area contributed by atoms with Crippen LogP contribution in [0.4, 0.5) is 0 Å². The van der Waals surface area contributed by atoms with E-state index in [1.165, 1.54) is 135 Å². The van der Waals surface area contributed by atoms with E-state index in [0.29, 0.717) is 12.8 Å². The Morgan fingerprint density at radius 1 is 0.550 bits per heavy atom. The lowest BCUT2D eigenvalue weighted by molar-refractivity contribution is -0.150. The van der Waals surface area contributed by atoms with Gasteiger partial charge in [0.25, 0.3) is 0 Å². The van der Waals surface area contributed by atoms with Gasteiger partial charge in [0.1, 0.15) is 12.4 Å². The van der Waals surface area contributed by atoms with Gasteiger partial charge in [-0.15, -0.1) is 0 Å². The van der Waals surface area contributed by atoms with Crippen LogP contribution in [0, 0.1) is 0 Å². The van der Waals surface area contributed by atoms with Gasteiger partial charge >= 0.3 is 5.97 Å². The van der Waals surface area contributed by atoms with Crippen LogP contribution in [0.25, 0.3) is 0 Å². The number of unbranched alkanes of at least 4 members (excludes halogenated alkanes) is 19. The van der Waals surface area contributed by atoms with Crippen LogP contribution >= 0.6 is 0 Å². The lowest BCUT2D eigenvalue weighted by atomic mass is 10.0. The van der Waals surface area contributed by atoms with Crippen LogP contribution in [-0.2, 0) is 14.3 Å². The van der Waals surface area contributed by atoms with Gasteiger partial charge in [-0.25, -0.2) is 0 Å². The molecule has 0 aromatic rings. The van der Waals surface area contributed by atoms with Gasteiger partial charge in [0.2, 0.25) is 0 Å². The maximum Gasteiger partial charge on any atom is 0.306 e. The van der Waals surface area contributed by atoms with Crippen LogP contribution in [0.5, 0.6) is 0 Å². The Labute approximate surface area is 251 Å². The molecule has 0 rings (SSSR count). The summed E-state index contributed by atoms with van der Waals surface area (Å²) in [5.41, 5.74) is 0. The fourth-order valence-electron chi connectivity index (χ4n) is 5.62. The number of aldehydes is 1. The summed E-state index contributed by atoms with van der Waals surface area (Å²) in [6.45, 7) is 10.2. The first-order chi connectivity index (χ1) is 19.7. The minimum Gasteiger partial charge on any atom is -0.462 e. The second-order valence-corrected chi connectivity index (χ2v) is 12.3. The molecule has 0 bridgehead atoms. The van der Waals surface area contributed by atoms with E-state index >= 15 is 0 Å². The van der Waals surface area contributed by atoms with E-state index in [-0.39, 0.29) is 12.1 Å². The number of carbonyl (C=O) groups excluding carboxylic acids is 2. The molecule has 0 saturated heterocycles. The lowest BCUT2D eigenvalue weighted by Gasteiger charge is -2.22. The molecule has 238 valence electrons. The summed E-state index contributed by atoms with van der Waals surface area (Å²) in [5, 5.41) is 0. The number of ether oxygens (including phenoxy) is 1. The number of esters is 1. The molecule has 0 spiro atoms. The topological polar surface area (TPSA) is 46.6 Å². The molecule has 0 aliphatic heterocycles. The Balaban J connectivity index is 4.12. The molecule has 0 heterocycles. The highest BCUT2D eigenvalue weighted by Crippen LogP contribution is 2.18. The lowest BCUT2D eigenvalue weighted by Crippen LogP contribution is -2.27. The van der Waals surface area contributed by atoms with Crippen molar-refractivity contribution in [2.45, 2.75) is 200 Å². The Hall–Kier alpha value is -0.900. The summed E-state index contributed by atoms with van der Waals surface area (Å²) in [6, 6.07) is 0. The van der Waals surface area contributed by atoms with Gasteiger partial charge < -0.3 is 14.4 Å². The zero-order chi connectivity index (χ0) is 29.4. The van der Waals surface area contributed by atoms with Crippen molar-refractivity contribution >= 4 is 12.3 Å². The summed E-state index contributed by atoms with van der Waals surface area (Å²) in [6.07, 6.45) is 33.4. The van der Waals surface area contributed by atoms with Gasteiger partial charge in [-0.05, 0) is 71.0 Å². The Bertz CT molecular complexity index is 524. The molecule has 4 nitrogen and oxygen atoms in total. The van der Waals surface area contributed by atoms with Crippen molar-refractivity contribution in [3.63, 3.8) is 0 Å². The SMILES string of the molecule is CCCCCCCCC(CCCCCCC)OC(=O)CCCCCCCN(CCCC=O)CCCCCCCC. The van der Waals surface area contributed by atoms with Crippen molar-refractivity contribution in [1.82, 2.24) is 4.90 Å². The van der Waals surface area contributed by atoms with Crippen LogP contribution in [-0.4, -0.2) is 42.9 Å². The van der Waals surface area contributed by atoms with Crippen molar-refractivity contribution in [2.24, 2.45) is 0 Å². The average Bonchev–Trinajstić information content (AvgIpc) is 2.95. The third kappa shape index (κ3) is 28.6. The number of hydrogen-bond donors (Lipinski definition) is 0. The summed E-state index contributed by atoms with van der Waals surface area (Å²) in [7, 11) is 0. The van der Waals surface area contributed by atoms with Crippen molar-refractivity contribution in [1.29, 1.82) is 0 Å². The molecule has 0 radical (unpaired) electrons. The average molecular weight is 566 g/mol. The maximum atomic E-state index is 12.6. The van der Waals surface area contributed by atoms with Crippen LogP contribution in [0.1, 0.15) is 194 Å². The zero-order valence-electron chi connectivity index (χ0n) is 27.5. The molecule has 0 aliphatic rings. The Morgan fingerprint density at radius 3 is 1.43 bits per heavy atom. The molecule has 0 aromatic carbocycles. The van der Waals surface area contributed by atoms with Gasteiger partial charge in [0, 0.05) is 12.8 Å². The first kappa shape index (κ1) is 39.1. The molecule has 1 unspecified atom stereocenters. The van der Waals surface area contributed by atoms with Gasteiger partial charge in [-0.3, -0.25) is 4.79 Å². The smallest absolute Gasteiger partial charge is 0.306 e. The largest absolute Gasteiger partial charge is 0.462 e. The molecule has 4 heteroatoms. The third-order valence-electron chi connectivity index (χ3n) is 8.29. The molecule has 0 aliphatic carbocycles. The summed E-state index contributed by atoms with van der Waals surface area (Å²) in [5.74, 6) is 0.0323. The van der Waals surface area contributed by atoms with Crippen molar-refractivity contribution in [3.05, 3.63) is 0 Å². The van der Waals surface area contributed by atoms with Gasteiger partial charge in [-0.1, -0.05) is 130 Å². The minimum absolute atomic E-state index is 0.0323. The Kier molecular flexibility index (Phi) is 31.9. The van der Waals surface area contributed by atoms with E-state index in [4.69, 9.17) is 4.74 Å². The second-order valence-electron chi connectivity index (χ2n) is 12.3. The van der Waals surface area contributed by atoms with Crippen molar-refractivity contribution in [2.75, 3.05) is 19.6 Å². The van der Waals surface area contributed by atoms with Gasteiger partial charge in [-0.2, -0.15) is 0 Å². The maximum absolute atomic E-state index is 12.6.